The zero-order valence-electron chi connectivity index (χ0n) is 19.2. The van der Waals surface area contributed by atoms with Crippen molar-refractivity contribution in [2.45, 2.75) is 52.2 Å². The number of aromatic amines is 1. The van der Waals surface area contributed by atoms with Crippen LogP contribution in [-0.2, 0) is 33.3 Å². The Bertz CT molecular complexity index is 1250. The van der Waals surface area contributed by atoms with Crippen molar-refractivity contribution in [1.82, 2.24) is 14.5 Å². The highest BCUT2D eigenvalue weighted by molar-refractivity contribution is 9.10. The summed E-state index contributed by atoms with van der Waals surface area (Å²) in [5.74, 6) is -3.63. The summed E-state index contributed by atoms with van der Waals surface area (Å²) in [4.78, 5) is 67.2. The van der Waals surface area contributed by atoms with E-state index in [2.05, 4.69) is 25.9 Å². The molecule has 0 spiro atoms. The van der Waals surface area contributed by atoms with Gasteiger partial charge in [0.1, 0.15) is 24.2 Å². The molecule has 0 aliphatic carbocycles. The minimum Gasteiger partial charge on any atom is -0.463 e. The first kappa shape index (κ1) is 26.2. The number of esters is 3. The monoisotopic (exact) mass is 557 g/mol. The highest BCUT2D eigenvalue weighted by Crippen LogP contribution is 2.37. The van der Waals surface area contributed by atoms with Crippen LogP contribution in [0.15, 0.2) is 9.40 Å². The zero-order valence-corrected chi connectivity index (χ0v) is 20.8. The number of fused-ring (bicyclic) bond motifs is 1. The van der Waals surface area contributed by atoms with E-state index in [9.17, 15) is 24.0 Å². The molecule has 0 radical (unpaired) electrons. The number of hydrogen-bond acceptors (Lipinski definition) is 11. The average molecular weight is 558 g/mol. The number of nitrogens with one attached hydrogen (secondary N) is 1. The Labute approximate surface area is 206 Å². The fourth-order valence-electron chi connectivity index (χ4n) is 3.70. The van der Waals surface area contributed by atoms with Gasteiger partial charge in [-0.2, -0.15) is 4.98 Å². The highest BCUT2D eigenvalue weighted by atomic mass is 79.9. The van der Waals surface area contributed by atoms with Gasteiger partial charge in [-0.25, -0.2) is 9.36 Å². The lowest BCUT2D eigenvalue weighted by molar-refractivity contribution is -0.166. The summed E-state index contributed by atoms with van der Waals surface area (Å²) in [5.41, 5.74) is 10.3. The van der Waals surface area contributed by atoms with Gasteiger partial charge in [0.2, 0.25) is 0 Å². The summed E-state index contributed by atoms with van der Waals surface area (Å²) < 4.78 is 23.0. The normalized spacial score (nSPS) is 21.8. The Morgan fingerprint density at radius 1 is 1.17 bits per heavy atom. The molecule has 1 amide bonds. The number of rotatable bonds is 7. The maximum atomic E-state index is 13.0. The van der Waals surface area contributed by atoms with E-state index in [-0.39, 0.29) is 33.6 Å². The van der Waals surface area contributed by atoms with Crippen molar-refractivity contribution in [1.29, 1.82) is 0 Å². The molecule has 190 valence electrons. The molecule has 0 unspecified atom stereocenters. The Kier molecular flexibility index (Phi) is 7.50. The molecule has 0 bridgehead atoms. The third kappa shape index (κ3) is 5.14. The minimum atomic E-state index is -1.42. The van der Waals surface area contributed by atoms with E-state index in [1.807, 2.05) is 0 Å². The first-order valence-corrected chi connectivity index (χ1v) is 11.2. The Morgan fingerprint density at radius 3 is 2.31 bits per heavy atom. The lowest BCUT2D eigenvalue weighted by Gasteiger charge is -2.24. The van der Waals surface area contributed by atoms with Crippen LogP contribution in [0.25, 0.3) is 11.0 Å². The lowest BCUT2D eigenvalue weighted by Crippen LogP contribution is -2.42. The molecule has 3 rings (SSSR count). The van der Waals surface area contributed by atoms with Crippen LogP contribution >= 0.6 is 15.9 Å². The number of nitrogens with zero attached hydrogens (tertiary/aromatic N) is 2. The average Bonchev–Trinajstić information content (AvgIpc) is 3.23. The summed E-state index contributed by atoms with van der Waals surface area (Å²) in [6, 6.07) is 0. The van der Waals surface area contributed by atoms with Gasteiger partial charge in [0.05, 0.1) is 21.5 Å². The molecule has 0 aromatic carbocycles. The van der Waals surface area contributed by atoms with E-state index in [4.69, 9.17) is 30.4 Å². The first-order chi connectivity index (χ1) is 16.3. The van der Waals surface area contributed by atoms with E-state index < -0.39 is 60.0 Å². The molecule has 14 nitrogen and oxygen atoms in total. The lowest BCUT2D eigenvalue weighted by atomic mass is 10.1. The van der Waals surface area contributed by atoms with E-state index in [0.29, 0.717) is 0 Å². The standard InChI is InChI=1S/C20H24BrN5O9/c1-6(2)19(30)32-5-9-12(33-7(3)27)13(34-8(4)28)18(35-9)26-17-11(15(22)25-20(26)31)10(16(23)29)14(21)24-17/h6,9,12-13,18,24H,5H2,1-4H3,(H2,23,29)(H2,22,25,31)/t9-,12-,13+,18-/m0/s1. The van der Waals surface area contributed by atoms with E-state index >= 15 is 0 Å². The predicted octanol–water partition coefficient (Wildman–Crippen LogP) is 0.128. The molecule has 4 atom stereocenters. The Morgan fingerprint density at radius 2 is 1.77 bits per heavy atom. The van der Waals surface area contributed by atoms with Gasteiger partial charge in [-0.3, -0.25) is 19.2 Å². The molecule has 2 aromatic heterocycles. The van der Waals surface area contributed by atoms with Crippen molar-refractivity contribution >= 4 is 56.6 Å². The second kappa shape index (κ2) is 10.0. The molecule has 35 heavy (non-hydrogen) atoms. The van der Waals surface area contributed by atoms with Crippen LogP contribution in [0.2, 0.25) is 0 Å². The summed E-state index contributed by atoms with van der Waals surface area (Å²) >= 11 is 3.17. The fourth-order valence-corrected chi connectivity index (χ4v) is 4.28. The van der Waals surface area contributed by atoms with Crippen LogP contribution in [-0.4, -0.2) is 63.3 Å². The van der Waals surface area contributed by atoms with Crippen molar-refractivity contribution in [3.63, 3.8) is 0 Å². The number of nitrogens with two attached hydrogens (primary N) is 2. The number of aromatic nitrogens is 3. The summed E-state index contributed by atoms with van der Waals surface area (Å²) in [6.45, 7) is 5.13. The molecule has 0 saturated carbocycles. The molecule has 1 aliphatic heterocycles. The number of primary amides is 1. The minimum absolute atomic E-state index is 0.0212. The molecular formula is C20H24BrN5O9. The second-order valence-electron chi connectivity index (χ2n) is 8.05. The third-order valence-electron chi connectivity index (χ3n) is 5.11. The van der Waals surface area contributed by atoms with E-state index in [0.717, 1.165) is 18.4 Å². The van der Waals surface area contributed by atoms with Gasteiger partial charge < -0.3 is 35.4 Å². The summed E-state index contributed by atoms with van der Waals surface area (Å²) in [5, 5.41) is 0.0212. The Balaban J connectivity index is 2.17. The van der Waals surface area contributed by atoms with Gasteiger partial charge in [0.15, 0.2) is 18.4 Å². The van der Waals surface area contributed by atoms with Crippen LogP contribution in [0.4, 0.5) is 5.82 Å². The highest BCUT2D eigenvalue weighted by Gasteiger charge is 2.51. The van der Waals surface area contributed by atoms with Gasteiger partial charge in [0, 0.05) is 13.8 Å². The SMILES string of the molecule is CC(=O)O[C@@H]1[C@@H](OC(C)=O)[C@@H](n2c(=O)nc(N)c3c(C(N)=O)c(Br)[nH]c32)O[C@H]1COC(=O)C(C)C. The largest absolute Gasteiger partial charge is 0.463 e. The van der Waals surface area contributed by atoms with E-state index in [1.54, 1.807) is 13.8 Å². The van der Waals surface area contributed by atoms with Crippen LogP contribution in [0, 0.1) is 5.92 Å². The number of ether oxygens (including phenoxy) is 4. The smallest absolute Gasteiger partial charge is 0.353 e. The van der Waals surface area contributed by atoms with Crippen molar-refractivity contribution < 1.29 is 38.1 Å². The number of nitrogen functional groups attached to an aromatic ring is 1. The van der Waals surface area contributed by atoms with Crippen molar-refractivity contribution in [3.8, 4) is 0 Å². The molecule has 15 heteroatoms. The molecule has 3 heterocycles. The number of anilines is 1. The summed E-state index contributed by atoms with van der Waals surface area (Å²) in [6.07, 6.45) is -5.15. The molecular weight excluding hydrogens is 534 g/mol. The van der Waals surface area contributed by atoms with Crippen molar-refractivity contribution in [3.05, 3.63) is 20.7 Å². The van der Waals surface area contributed by atoms with Gasteiger partial charge in [-0.05, 0) is 15.9 Å². The predicted molar refractivity (Wildman–Crippen MR) is 122 cm³/mol. The summed E-state index contributed by atoms with van der Waals surface area (Å²) in [7, 11) is 0. The number of hydrogen-bond donors (Lipinski definition) is 3. The topological polar surface area (TPSA) is 208 Å². The van der Waals surface area contributed by atoms with Crippen LogP contribution in [0.5, 0.6) is 0 Å². The van der Waals surface area contributed by atoms with Crippen LogP contribution in [0.3, 0.4) is 0 Å². The molecule has 1 aliphatic rings. The number of amides is 1. The molecule has 1 fully saturated rings. The fraction of sp³-hybridized carbons (Fsp3) is 0.500. The van der Waals surface area contributed by atoms with Crippen molar-refractivity contribution in [2.24, 2.45) is 11.7 Å². The number of halogens is 1. The number of carbonyl (C=O) groups is 4. The number of carbonyl (C=O) groups excluding carboxylic acids is 4. The number of H-pyrrole nitrogens is 1. The van der Waals surface area contributed by atoms with Gasteiger partial charge in [0.25, 0.3) is 5.91 Å². The quantitative estimate of drug-likeness (QED) is 0.307. The zero-order chi connectivity index (χ0) is 26.2. The van der Waals surface area contributed by atoms with Gasteiger partial charge >= 0.3 is 23.6 Å². The van der Waals surface area contributed by atoms with Crippen LogP contribution in [0.1, 0.15) is 44.3 Å². The molecule has 2 aromatic rings. The molecule has 1 saturated heterocycles. The molecule has 5 N–H and O–H groups in total. The van der Waals surface area contributed by atoms with Gasteiger partial charge in [-0.1, -0.05) is 13.8 Å². The third-order valence-corrected chi connectivity index (χ3v) is 5.70. The Hall–Kier alpha value is -3.46. The second-order valence-corrected chi connectivity index (χ2v) is 8.84. The maximum absolute atomic E-state index is 13.0. The van der Waals surface area contributed by atoms with E-state index in [1.165, 1.54) is 0 Å². The first-order valence-electron chi connectivity index (χ1n) is 10.4. The van der Waals surface area contributed by atoms with Gasteiger partial charge in [-0.15, -0.1) is 0 Å². The van der Waals surface area contributed by atoms with Crippen molar-refractivity contribution in [2.75, 3.05) is 12.3 Å². The maximum Gasteiger partial charge on any atom is 0.353 e. The van der Waals surface area contributed by atoms with Crippen LogP contribution < -0.4 is 17.2 Å².